The fourth-order valence-electron chi connectivity index (χ4n) is 1.98. The average molecular weight is 256 g/mol. The summed E-state index contributed by atoms with van der Waals surface area (Å²) in [6.07, 6.45) is 1.46. The van der Waals surface area contributed by atoms with Crippen LogP contribution in [-0.4, -0.2) is 16.7 Å². The van der Waals surface area contributed by atoms with E-state index in [1.54, 1.807) is 0 Å². The third-order valence-electron chi connectivity index (χ3n) is 2.96. The van der Waals surface area contributed by atoms with Gasteiger partial charge in [0.1, 0.15) is 16.9 Å². The SMILES string of the molecule is CC1(C)CCc2c(N)c(Cl)cc(C(=O)O)c2O1. The highest BCUT2D eigenvalue weighted by Gasteiger charge is 2.32. The maximum atomic E-state index is 11.2. The van der Waals surface area contributed by atoms with Gasteiger partial charge in [0.2, 0.25) is 0 Å². The molecule has 4 nitrogen and oxygen atoms in total. The smallest absolute Gasteiger partial charge is 0.339 e. The van der Waals surface area contributed by atoms with Crippen LogP contribution in [0.25, 0.3) is 0 Å². The molecule has 2 rings (SSSR count). The van der Waals surface area contributed by atoms with Crippen LogP contribution in [-0.2, 0) is 6.42 Å². The number of nitrogen functional groups attached to an aromatic ring is 1. The third-order valence-corrected chi connectivity index (χ3v) is 3.27. The molecule has 0 saturated heterocycles. The molecule has 1 aliphatic heterocycles. The van der Waals surface area contributed by atoms with E-state index in [-0.39, 0.29) is 16.2 Å². The first-order chi connectivity index (χ1) is 7.82. The molecule has 0 unspecified atom stereocenters. The number of halogens is 1. The van der Waals surface area contributed by atoms with E-state index >= 15 is 0 Å². The van der Waals surface area contributed by atoms with Crippen molar-refractivity contribution in [3.8, 4) is 5.75 Å². The summed E-state index contributed by atoms with van der Waals surface area (Å²) in [5, 5.41) is 9.41. The van der Waals surface area contributed by atoms with E-state index in [1.165, 1.54) is 6.07 Å². The van der Waals surface area contributed by atoms with Crippen LogP contribution >= 0.6 is 11.6 Å². The second kappa shape index (κ2) is 3.81. The van der Waals surface area contributed by atoms with Crippen LogP contribution in [0.2, 0.25) is 5.02 Å². The fourth-order valence-corrected chi connectivity index (χ4v) is 2.20. The van der Waals surface area contributed by atoms with Crippen LogP contribution in [0.4, 0.5) is 5.69 Å². The monoisotopic (exact) mass is 255 g/mol. The summed E-state index contributed by atoms with van der Waals surface area (Å²) >= 11 is 5.92. The van der Waals surface area contributed by atoms with Gasteiger partial charge >= 0.3 is 5.97 Å². The Bertz CT molecular complexity index is 497. The maximum absolute atomic E-state index is 11.2. The van der Waals surface area contributed by atoms with Crippen molar-refractivity contribution in [1.29, 1.82) is 0 Å². The van der Waals surface area contributed by atoms with Crippen molar-refractivity contribution >= 4 is 23.3 Å². The summed E-state index contributed by atoms with van der Waals surface area (Å²) < 4.78 is 5.73. The van der Waals surface area contributed by atoms with E-state index in [2.05, 4.69) is 0 Å². The molecule has 92 valence electrons. The molecule has 1 aromatic carbocycles. The van der Waals surface area contributed by atoms with E-state index in [9.17, 15) is 4.79 Å². The molecule has 0 aliphatic carbocycles. The van der Waals surface area contributed by atoms with Crippen LogP contribution in [0.3, 0.4) is 0 Å². The molecule has 3 N–H and O–H groups in total. The van der Waals surface area contributed by atoms with Gasteiger partial charge in [-0.25, -0.2) is 4.79 Å². The first-order valence-corrected chi connectivity index (χ1v) is 5.73. The maximum Gasteiger partial charge on any atom is 0.339 e. The molecular weight excluding hydrogens is 242 g/mol. The number of carboxylic acids is 1. The van der Waals surface area contributed by atoms with Crippen molar-refractivity contribution < 1.29 is 14.6 Å². The molecular formula is C12H14ClNO3. The summed E-state index contributed by atoms with van der Waals surface area (Å²) in [4.78, 5) is 11.2. The highest BCUT2D eigenvalue weighted by atomic mass is 35.5. The normalized spacial score (nSPS) is 17.1. The van der Waals surface area contributed by atoms with Crippen LogP contribution in [0, 0.1) is 0 Å². The Morgan fingerprint density at radius 2 is 2.24 bits per heavy atom. The number of anilines is 1. The molecule has 0 atom stereocenters. The minimum Gasteiger partial charge on any atom is -0.487 e. The number of aromatic carboxylic acids is 1. The van der Waals surface area contributed by atoms with Gasteiger partial charge in [0.05, 0.1) is 10.7 Å². The number of fused-ring (bicyclic) bond motifs is 1. The number of benzene rings is 1. The van der Waals surface area contributed by atoms with E-state index < -0.39 is 5.97 Å². The zero-order chi connectivity index (χ0) is 12.8. The quantitative estimate of drug-likeness (QED) is 0.757. The Morgan fingerprint density at radius 3 is 2.82 bits per heavy atom. The number of rotatable bonds is 1. The molecule has 1 heterocycles. The molecule has 17 heavy (non-hydrogen) atoms. The van der Waals surface area contributed by atoms with Crippen molar-refractivity contribution in [1.82, 2.24) is 0 Å². The summed E-state index contributed by atoms with van der Waals surface area (Å²) in [5.41, 5.74) is 6.68. The minimum absolute atomic E-state index is 0.0759. The van der Waals surface area contributed by atoms with Gasteiger partial charge in [-0.15, -0.1) is 0 Å². The standard InChI is InChI=1S/C12H14ClNO3/c1-12(2)4-3-6-9(14)8(13)5-7(11(15)16)10(6)17-12/h5H,3-4,14H2,1-2H3,(H,15,16). The third kappa shape index (κ3) is 2.05. The Morgan fingerprint density at radius 1 is 1.59 bits per heavy atom. The molecule has 5 heteroatoms. The zero-order valence-electron chi connectivity index (χ0n) is 9.71. The van der Waals surface area contributed by atoms with Crippen molar-refractivity contribution in [2.24, 2.45) is 0 Å². The number of carbonyl (C=O) groups is 1. The van der Waals surface area contributed by atoms with Gasteiger partial charge in [0.25, 0.3) is 0 Å². The Hall–Kier alpha value is -1.42. The number of hydrogen-bond donors (Lipinski definition) is 2. The van der Waals surface area contributed by atoms with Gasteiger partial charge in [-0.3, -0.25) is 0 Å². The summed E-state index contributed by atoms with van der Waals surface area (Å²) in [6, 6.07) is 1.35. The highest BCUT2D eigenvalue weighted by molar-refractivity contribution is 6.33. The molecule has 0 fully saturated rings. The van der Waals surface area contributed by atoms with Crippen molar-refractivity contribution in [2.75, 3.05) is 5.73 Å². The van der Waals surface area contributed by atoms with Gasteiger partial charge in [0.15, 0.2) is 0 Å². The van der Waals surface area contributed by atoms with Crippen molar-refractivity contribution in [3.05, 3.63) is 22.2 Å². The molecule has 1 aromatic rings. The largest absolute Gasteiger partial charge is 0.487 e. The summed E-state index contributed by atoms with van der Waals surface area (Å²) in [5.74, 6) is -0.698. The van der Waals surface area contributed by atoms with Crippen LogP contribution in [0.5, 0.6) is 5.75 Å². The van der Waals surface area contributed by atoms with Gasteiger partial charge < -0.3 is 15.6 Å². The first-order valence-electron chi connectivity index (χ1n) is 5.35. The van der Waals surface area contributed by atoms with Crippen LogP contribution in [0.1, 0.15) is 36.2 Å². The number of ether oxygens (including phenoxy) is 1. The number of hydrogen-bond acceptors (Lipinski definition) is 3. The van der Waals surface area contributed by atoms with Gasteiger partial charge in [-0.05, 0) is 32.8 Å². The lowest BCUT2D eigenvalue weighted by atomic mass is 9.91. The number of nitrogens with two attached hydrogens (primary N) is 1. The molecule has 0 bridgehead atoms. The van der Waals surface area contributed by atoms with Gasteiger partial charge in [-0.2, -0.15) is 0 Å². The van der Waals surface area contributed by atoms with E-state index in [1.807, 2.05) is 13.8 Å². The predicted octanol–water partition coefficient (Wildman–Crippen LogP) is 2.72. The lowest BCUT2D eigenvalue weighted by molar-refractivity contribution is 0.0645. The summed E-state index contributed by atoms with van der Waals surface area (Å²) in [7, 11) is 0. The van der Waals surface area contributed by atoms with E-state index in [0.717, 1.165) is 6.42 Å². The molecule has 0 radical (unpaired) electrons. The predicted molar refractivity (Wildman–Crippen MR) is 65.9 cm³/mol. The van der Waals surface area contributed by atoms with Crippen molar-refractivity contribution in [2.45, 2.75) is 32.3 Å². The topological polar surface area (TPSA) is 72.6 Å². The lowest BCUT2D eigenvalue weighted by Gasteiger charge is -2.34. The average Bonchev–Trinajstić information content (AvgIpc) is 2.21. The van der Waals surface area contributed by atoms with Crippen molar-refractivity contribution in [3.63, 3.8) is 0 Å². The molecule has 0 spiro atoms. The molecule has 0 saturated carbocycles. The highest BCUT2D eigenvalue weighted by Crippen LogP contribution is 2.42. The molecule has 1 aliphatic rings. The van der Waals surface area contributed by atoms with Crippen LogP contribution in [0.15, 0.2) is 6.07 Å². The Kier molecular flexibility index (Phi) is 2.70. The molecule has 0 aromatic heterocycles. The van der Waals surface area contributed by atoms with E-state index in [0.29, 0.717) is 23.4 Å². The first kappa shape index (κ1) is 12.0. The van der Waals surface area contributed by atoms with E-state index in [4.69, 9.17) is 27.2 Å². The second-order valence-corrected chi connectivity index (χ2v) is 5.20. The second-order valence-electron chi connectivity index (χ2n) is 4.79. The fraction of sp³-hybridized carbons (Fsp3) is 0.417. The van der Waals surface area contributed by atoms with Crippen LogP contribution < -0.4 is 10.5 Å². The Balaban J connectivity index is 2.65. The van der Waals surface area contributed by atoms with Gasteiger partial charge in [-0.1, -0.05) is 11.6 Å². The zero-order valence-corrected chi connectivity index (χ0v) is 10.5. The number of carboxylic acid groups (broad SMARTS) is 1. The lowest BCUT2D eigenvalue weighted by Crippen LogP contribution is -2.34. The Labute approximate surface area is 104 Å². The summed E-state index contributed by atoms with van der Waals surface area (Å²) in [6.45, 7) is 3.85. The molecule has 0 amide bonds. The minimum atomic E-state index is -1.05. The van der Waals surface area contributed by atoms with Gasteiger partial charge in [0, 0.05) is 5.56 Å².